The number of nitrogens with one attached hydrogen (secondary N) is 1. The Bertz CT molecular complexity index is 589. The zero-order valence-electron chi connectivity index (χ0n) is 14.7. The maximum absolute atomic E-state index is 12.2. The Morgan fingerprint density at radius 3 is 2.67 bits per heavy atom. The van der Waals surface area contributed by atoms with Crippen LogP contribution in [0.25, 0.3) is 0 Å². The van der Waals surface area contributed by atoms with Crippen LogP contribution in [0, 0.1) is 5.41 Å². The van der Waals surface area contributed by atoms with E-state index in [-0.39, 0.29) is 17.6 Å². The van der Waals surface area contributed by atoms with Crippen molar-refractivity contribution < 1.29 is 14.3 Å². The molecule has 2 saturated heterocycles. The lowest BCUT2D eigenvalue weighted by molar-refractivity contribution is 0.0418. The van der Waals surface area contributed by atoms with Gasteiger partial charge in [0.2, 0.25) is 0 Å². The number of nitrogens with zero attached hydrogens (tertiary/aromatic N) is 2. The molecule has 1 N–H and O–H groups in total. The van der Waals surface area contributed by atoms with Crippen LogP contribution in [0.4, 0.5) is 4.79 Å². The van der Waals surface area contributed by atoms with Gasteiger partial charge in [0.15, 0.2) is 11.5 Å². The summed E-state index contributed by atoms with van der Waals surface area (Å²) < 4.78 is 11.2. The molecule has 132 valence electrons. The van der Waals surface area contributed by atoms with Crippen LogP contribution >= 0.6 is 0 Å². The number of para-hydroxylation sites is 2. The fourth-order valence-electron chi connectivity index (χ4n) is 3.39. The Balaban J connectivity index is 1.42. The molecule has 2 fully saturated rings. The molecule has 2 aliphatic heterocycles. The summed E-state index contributed by atoms with van der Waals surface area (Å²) in [5.74, 6) is 1.45. The number of benzene rings is 1. The molecular formula is C18H27N3O3. The van der Waals surface area contributed by atoms with E-state index in [1.165, 1.54) is 0 Å². The Labute approximate surface area is 143 Å². The highest BCUT2D eigenvalue weighted by Crippen LogP contribution is 2.29. The number of ether oxygens (including phenoxy) is 2. The van der Waals surface area contributed by atoms with Crippen molar-refractivity contribution in [2.45, 2.75) is 19.4 Å². The molecule has 3 rings (SSSR count). The first-order chi connectivity index (χ1) is 11.5. The third-order valence-electron chi connectivity index (χ3n) is 4.91. The van der Waals surface area contributed by atoms with E-state index < -0.39 is 0 Å². The first-order valence-electron chi connectivity index (χ1n) is 8.50. The van der Waals surface area contributed by atoms with Gasteiger partial charge in [0.05, 0.1) is 20.2 Å². The molecule has 1 atom stereocenters. The van der Waals surface area contributed by atoms with Crippen molar-refractivity contribution in [3.63, 3.8) is 0 Å². The molecular weight excluding hydrogens is 306 g/mol. The van der Waals surface area contributed by atoms with Gasteiger partial charge in [0.25, 0.3) is 0 Å². The number of likely N-dealkylation sites (tertiary alicyclic amines) is 2. The van der Waals surface area contributed by atoms with E-state index >= 15 is 0 Å². The fraction of sp³-hybridized carbons (Fsp3) is 0.611. The standard InChI is InChI=1S/C18H27N3O3/c1-18(8-9-20(2)13-18)12-19-17(22)21-10-14(11-21)24-16-7-5-4-6-15(16)23-3/h4-7,14H,8-13H2,1-3H3,(H,19,22)/t18-/m0/s1. The first kappa shape index (κ1) is 16.9. The third-order valence-corrected chi connectivity index (χ3v) is 4.91. The minimum absolute atomic E-state index is 0.00524. The second-order valence-electron chi connectivity index (χ2n) is 7.25. The maximum Gasteiger partial charge on any atom is 0.317 e. The van der Waals surface area contributed by atoms with Crippen molar-refractivity contribution in [1.82, 2.24) is 15.1 Å². The van der Waals surface area contributed by atoms with Crippen molar-refractivity contribution >= 4 is 6.03 Å². The Hall–Kier alpha value is -1.95. The van der Waals surface area contributed by atoms with Crippen LogP contribution in [0.5, 0.6) is 11.5 Å². The number of carbonyl (C=O) groups excluding carboxylic acids is 1. The Kier molecular flexibility index (Phi) is 4.85. The lowest BCUT2D eigenvalue weighted by Crippen LogP contribution is -2.59. The maximum atomic E-state index is 12.2. The van der Waals surface area contributed by atoms with E-state index in [0.717, 1.165) is 37.6 Å². The number of methoxy groups -OCH3 is 1. The summed E-state index contributed by atoms with van der Waals surface area (Å²) in [5.41, 5.74) is 0.183. The molecule has 0 bridgehead atoms. The fourth-order valence-corrected chi connectivity index (χ4v) is 3.39. The van der Waals surface area contributed by atoms with Crippen molar-refractivity contribution in [2.24, 2.45) is 5.41 Å². The molecule has 0 spiro atoms. The van der Waals surface area contributed by atoms with Gasteiger partial charge in [-0.1, -0.05) is 19.1 Å². The highest BCUT2D eigenvalue weighted by atomic mass is 16.5. The monoisotopic (exact) mass is 333 g/mol. The van der Waals surface area contributed by atoms with Crippen LogP contribution in [0.15, 0.2) is 24.3 Å². The summed E-state index contributed by atoms with van der Waals surface area (Å²) in [6.45, 7) is 6.32. The third kappa shape index (κ3) is 3.75. The average Bonchev–Trinajstić information content (AvgIpc) is 2.88. The van der Waals surface area contributed by atoms with Crippen LogP contribution in [0.3, 0.4) is 0 Å². The predicted octanol–water partition coefficient (Wildman–Crippen LogP) is 1.81. The number of urea groups is 1. The summed E-state index contributed by atoms with van der Waals surface area (Å²) >= 11 is 0. The molecule has 0 aromatic heterocycles. The van der Waals surface area contributed by atoms with Gasteiger partial charge in [0.1, 0.15) is 6.10 Å². The highest BCUT2D eigenvalue weighted by molar-refractivity contribution is 5.75. The summed E-state index contributed by atoms with van der Waals surface area (Å²) in [6, 6.07) is 7.59. The molecule has 0 aliphatic carbocycles. The summed E-state index contributed by atoms with van der Waals surface area (Å²) in [5, 5.41) is 3.07. The Morgan fingerprint density at radius 2 is 2.04 bits per heavy atom. The predicted molar refractivity (Wildman–Crippen MR) is 92.6 cm³/mol. The molecule has 2 amide bonds. The van der Waals surface area contributed by atoms with E-state index in [2.05, 4.69) is 24.2 Å². The zero-order chi connectivity index (χ0) is 17.2. The number of hydrogen-bond donors (Lipinski definition) is 1. The number of rotatable bonds is 5. The van der Waals surface area contributed by atoms with Crippen LogP contribution in [-0.2, 0) is 0 Å². The normalized spacial score (nSPS) is 24.5. The molecule has 2 aliphatic rings. The van der Waals surface area contributed by atoms with Gasteiger partial charge in [0, 0.05) is 13.1 Å². The van der Waals surface area contributed by atoms with Gasteiger partial charge in [-0.05, 0) is 37.6 Å². The van der Waals surface area contributed by atoms with E-state index in [1.54, 1.807) is 12.0 Å². The molecule has 1 aromatic carbocycles. The molecule has 1 aromatic rings. The number of hydrogen-bond acceptors (Lipinski definition) is 4. The highest BCUT2D eigenvalue weighted by Gasteiger charge is 2.36. The van der Waals surface area contributed by atoms with Crippen molar-refractivity contribution in [3.8, 4) is 11.5 Å². The van der Waals surface area contributed by atoms with Crippen molar-refractivity contribution in [1.29, 1.82) is 0 Å². The molecule has 0 unspecified atom stereocenters. The molecule has 0 radical (unpaired) electrons. The van der Waals surface area contributed by atoms with Crippen LogP contribution in [0.1, 0.15) is 13.3 Å². The Morgan fingerprint density at radius 1 is 1.33 bits per heavy atom. The molecule has 6 nitrogen and oxygen atoms in total. The van der Waals surface area contributed by atoms with Gasteiger partial charge in [-0.3, -0.25) is 0 Å². The van der Waals surface area contributed by atoms with Crippen molar-refractivity contribution in [3.05, 3.63) is 24.3 Å². The SMILES string of the molecule is COc1ccccc1OC1CN(C(=O)NC[C@]2(C)CCN(C)C2)C1. The van der Waals surface area contributed by atoms with E-state index in [0.29, 0.717) is 13.1 Å². The second kappa shape index (κ2) is 6.89. The first-order valence-corrected chi connectivity index (χ1v) is 8.50. The second-order valence-corrected chi connectivity index (χ2v) is 7.25. The van der Waals surface area contributed by atoms with Gasteiger partial charge in [-0.2, -0.15) is 0 Å². The molecule has 2 heterocycles. The van der Waals surface area contributed by atoms with E-state index in [1.807, 2.05) is 24.3 Å². The summed E-state index contributed by atoms with van der Waals surface area (Å²) in [7, 11) is 3.76. The average molecular weight is 333 g/mol. The minimum Gasteiger partial charge on any atom is -0.493 e. The topological polar surface area (TPSA) is 54.0 Å². The quantitative estimate of drug-likeness (QED) is 0.893. The minimum atomic E-state index is 0.00524. The van der Waals surface area contributed by atoms with E-state index in [4.69, 9.17) is 9.47 Å². The largest absolute Gasteiger partial charge is 0.493 e. The van der Waals surface area contributed by atoms with Crippen LogP contribution in [0.2, 0.25) is 0 Å². The van der Waals surface area contributed by atoms with Crippen LogP contribution < -0.4 is 14.8 Å². The van der Waals surface area contributed by atoms with Gasteiger partial charge < -0.3 is 24.6 Å². The van der Waals surface area contributed by atoms with Gasteiger partial charge >= 0.3 is 6.03 Å². The zero-order valence-corrected chi connectivity index (χ0v) is 14.7. The molecule has 24 heavy (non-hydrogen) atoms. The van der Waals surface area contributed by atoms with Crippen molar-refractivity contribution in [2.75, 3.05) is 46.9 Å². The molecule has 0 saturated carbocycles. The van der Waals surface area contributed by atoms with E-state index in [9.17, 15) is 4.79 Å². The van der Waals surface area contributed by atoms with Gasteiger partial charge in [-0.15, -0.1) is 0 Å². The molecule has 6 heteroatoms. The lowest BCUT2D eigenvalue weighted by atomic mass is 9.90. The number of amides is 2. The van der Waals surface area contributed by atoms with Crippen LogP contribution in [-0.4, -0.2) is 68.8 Å². The smallest absolute Gasteiger partial charge is 0.317 e. The van der Waals surface area contributed by atoms with Gasteiger partial charge in [-0.25, -0.2) is 4.79 Å². The lowest BCUT2D eigenvalue weighted by Gasteiger charge is -2.39. The number of carbonyl (C=O) groups is 1. The summed E-state index contributed by atoms with van der Waals surface area (Å²) in [4.78, 5) is 16.4. The summed E-state index contributed by atoms with van der Waals surface area (Å²) in [6.07, 6.45) is 1.16.